The summed E-state index contributed by atoms with van der Waals surface area (Å²) in [5.41, 5.74) is 0.602. The Bertz CT molecular complexity index is 377. The fourth-order valence-corrected chi connectivity index (χ4v) is 2.33. The number of amides is 1. The molecule has 3 N–H and O–H groups in total. The van der Waals surface area contributed by atoms with Crippen LogP contribution in [0.3, 0.4) is 0 Å². The molecule has 1 amide bonds. The maximum atomic E-state index is 11.9. The molecular formula is C11H16BrN3O. The summed E-state index contributed by atoms with van der Waals surface area (Å²) in [6, 6.07) is 2.36. The predicted molar refractivity (Wildman–Crippen MR) is 66.4 cm³/mol. The lowest BCUT2D eigenvalue weighted by molar-refractivity contribution is 0.0915. The first-order valence-corrected chi connectivity index (χ1v) is 6.34. The fourth-order valence-electron chi connectivity index (χ4n) is 1.99. The van der Waals surface area contributed by atoms with E-state index in [-0.39, 0.29) is 11.9 Å². The Morgan fingerprint density at radius 3 is 3.06 bits per heavy atom. The Kier molecular flexibility index (Phi) is 3.66. The number of carbonyl (C=O) groups is 1. The summed E-state index contributed by atoms with van der Waals surface area (Å²) >= 11 is 3.31. The highest BCUT2D eigenvalue weighted by atomic mass is 79.9. The zero-order chi connectivity index (χ0) is 11.5. The number of rotatable bonds is 2. The van der Waals surface area contributed by atoms with Crippen LogP contribution in [0, 0.1) is 0 Å². The van der Waals surface area contributed by atoms with Crippen LogP contribution in [-0.2, 0) is 0 Å². The summed E-state index contributed by atoms with van der Waals surface area (Å²) in [5.74, 6) is -0.0359. The Balaban J connectivity index is 1.96. The number of nitrogens with one attached hydrogen (secondary N) is 3. The third kappa shape index (κ3) is 2.65. The summed E-state index contributed by atoms with van der Waals surface area (Å²) in [7, 11) is 0. The van der Waals surface area contributed by atoms with Crippen molar-refractivity contribution >= 4 is 21.8 Å². The minimum absolute atomic E-state index is 0.0359. The van der Waals surface area contributed by atoms with Crippen molar-refractivity contribution in [1.29, 1.82) is 0 Å². The highest BCUT2D eigenvalue weighted by molar-refractivity contribution is 9.10. The number of hydrogen-bond acceptors (Lipinski definition) is 2. The summed E-state index contributed by atoms with van der Waals surface area (Å²) < 4.78 is 0.896. The molecule has 2 heterocycles. The van der Waals surface area contributed by atoms with Gasteiger partial charge in [-0.25, -0.2) is 0 Å². The second-order valence-corrected chi connectivity index (χ2v) is 5.11. The molecule has 1 aromatic heterocycles. The molecule has 1 aromatic rings. The fraction of sp³-hybridized carbons (Fsp3) is 0.545. The van der Waals surface area contributed by atoms with Crippen LogP contribution >= 0.6 is 15.9 Å². The van der Waals surface area contributed by atoms with Crippen molar-refractivity contribution in [3.63, 3.8) is 0 Å². The number of aromatic nitrogens is 1. The minimum atomic E-state index is -0.0359. The molecule has 1 aliphatic heterocycles. The number of aromatic amines is 1. The van der Waals surface area contributed by atoms with E-state index in [1.807, 2.05) is 0 Å². The smallest absolute Gasteiger partial charge is 0.268 e. The molecule has 0 aromatic carbocycles. The van der Waals surface area contributed by atoms with Crippen molar-refractivity contribution in [2.75, 3.05) is 6.54 Å². The van der Waals surface area contributed by atoms with Crippen LogP contribution in [0.5, 0.6) is 0 Å². The molecule has 5 heteroatoms. The third-order valence-corrected chi connectivity index (χ3v) is 3.43. The molecule has 0 spiro atoms. The van der Waals surface area contributed by atoms with Crippen LogP contribution in [0.25, 0.3) is 0 Å². The van der Waals surface area contributed by atoms with Crippen LogP contribution < -0.4 is 10.6 Å². The highest BCUT2D eigenvalue weighted by Crippen LogP contribution is 2.12. The van der Waals surface area contributed by atoms with E-state index in [0.29, 0.717) is 11.7 Å². The Labute approximate surface area is 103 Å². The number of piperidine rings is 1. The van der Waals surface area contributed by atoms with E-state index in [1.165, 1.54) is 0 Å². The van der Waals surface area contributed by atoms with E-state index < -0.39 is 0 Å². The van der Waals surface area contributed by atoms with Crippen molar-refractivity contribution in [3.8, 4) is 0 Å². The number of hydrogen-bond donors (Lipinski definition) is 3. The average molecular weight is 286 g/mol. The normalized spacial score (nSPS) is 25.4. The molecule has 2 unspecified atom stereocenters. The van der Waals surface area contributed by atoms with Gasteiger partial charge in [-0.2, -0.15) is 0 Å². The molecule has 0 bridgehead atoms. The lowest BCUT2D eigenvalue weighted by Gasteiger charge is -2.30. The first-order chi connectivity index (χ1) is 7.66. The van der Waals surface area contributed by atoms with Gasteiger partial charge < -0.3 is 15.6 Å². The first-order valence-electron chi connectivity index (χ1n) is 5.55. The third-order valence-electron chi connectivity index (χ3n) is 2.97. The molecule has 1 saturated heterocycles. The van der Waals surface area contributed by atoms with E-state index in [9.17, 15) is 4.79 Å². The van der Waals surface area contributed by atoms with Gasteiger partial charge in [0.1, 0.15) is 5.69 Å². The summed E-state index contributed by atoms with van der Waals surface area (Å²) in [5, 5.41) is 6.40. The maximum Gasteiger partial charge on any atom is 0.268 e. The van der Waals surface area contributed by atoms with Crippen LogP contribution in [-0.4, -0.2) is 29.5 Å². The molecule has 4 nitrogen and oxygen atoms in total. The minimum Gasteiger partial charge on any atom is -0.356 e. The van der Waals surface area contributed by atoms with Gasteiger partial charge in [0.25, 0.3) is 5.91 Å². The average Bonchev–Trinajstić information content (AvgIpc) is 2.68. The summed E-state index contributed by atoms with van der Waals surface area (Å²) in [4.78, 5) is 14.8. The van der Waals surface area contributed by atoms with Gasteiger partial charge in [0.2, 0.25) is 0 Å². The van der Waals surface area contributed by atoms with Gasteiger partial charge in [-0.05, 0) is 48.3 Å². The van der Waals surface area contributed by atoms with Crippen LogP contribution in [0.4, 0.5) is 0 Å². The molecule has 2 atom stereocenters. The number of carbonyl (C=O) groups excluding carboxylic acids is 1. The van der Waals surface area contributed by atoms with Crippen molar-refractivity contribution in [2.24, 2.45) is 0 Å². The Morgan fingerprint density at radius 1 is 1.62 bits per heavy atom. The van der Waals surface area contributed by atoms with Crippen LogP contribution in [0.15, 0.2) is 16.7 Å². The summed E-state index contributed by atoms with van der Waals surface area (Å²) in [6.07, 6.45) is 3.92. The van der Waals surface area contributed by atoms with Crippen molar-refractivity contribution in [3.05, 3.63) is 22.4 Å². The van der Waals surface area contributed by atoms with Crippen molar-refractivity contribution < 1.29 is 4.79 Å². The molecule has 16 heavy (non-hydrogen) atoms. The predicted octanol–water partition coefficient (Wildman–Crippen LogP) is 1.65. The molecular weight excluding hydrogens is 270 g/mol. The second kappa shape index (κ2) is 5.01. The van der Waals surface area contributed by atoms with Gasteiger partial charge >= 0.3 is 0 Å². The second-order valence-electron chi connectivity index (χ2n) is 4.20. The van der Waals surface area contributed by atoms with Crippen molar-refractivity contribution in [1.82, 2.24) is 15.6 Å². The van der Waals surface area contributed by atoms with Crippen LogP contribution in [0.1, 0.15) is 30.3 Å². The lowest BCUT2D eigenvalue weighted by Crippen LogP contribution is -2.51. The molecule has 2 rings (SSSR count). The topological polar surface area (TPSA) is 56.9 Å². The molecule has 0 saturated carbocycles. The standard InChI is InChI=1S/C11H16BrN3O/c1-7-9(3-2-4-13-7)15-11(16)10-5-8(12)6-14-10/h5-7,9,13-14H,2-4H2,1H3,(H,15,16). The van der Waals surface area contributed by atoms with E-state index in [1.54, 1.807) is 12.3 Å². The zero-order valence-electron chi connectivity index (χ0n) is 9.22. The van der Waals surface area contributed by atoms with Gasteiger partial charge in [0, 0.05) is 22.8 Å². The van der Waals surface area contributed by atoms with E-state index in [4.69, 9.17) is 0 Å². The highest BCUT2D eigenvalue weighted by Gasteiger charge is 2.23. The monoisotopic (exact) mass is 285 g/mol. The quantitative estimate of drug-likeness (QED) is 0.774. The molecule has 0 aliphatic carbocycles. The van der Waals surface area contributed by atoms with Gasteiger partial charge in [-0.1, -0.05) is 0 Å². The SMILES string of the molecule is CC1NCCCC1NC(=O)c1cc(Br)c[nH]1. The molecule has 1 fully saturated rings. The van der Waals surface area contributed by atoms with Gasteiger partial charge in [-0.3, -0.25) is 4.79 Å². The maximum absolute atomic E-state index is 11.9. The number of halogens is 1. The molecule has 1 aliphatic rings. The first kappa shape index (κ1) is 11.7. The van der Waals surface area contributed by atoms with E-state index in [0.717, 1.165) is 23.9 Å². The zero-order valence-corrected chi connectivity index (χ0v) is 10.8. The summed E-state index contributed by atoms with van der Waals surface area (Å²) in [6.45, 7) is 3.15. The Morgan fingerprint density at radius 2 is 2.44 bits per heavy atom. The largest absolute Gasteiger partial charge is 0.356 e. The lowest BCUT2D eigenvalue weighted by atomic mass is 10.00. The number of H-pyrrole nitrogens is 1. The molecule has 88 valence electrons. The Hall–Kier alpha value is -0.810. The van der Waals surface area contributed by atoms with Gasteiger partial charge in [0.15, 0.2) is 0 Å². The van der Waals surface area contributed by atoms with Gasteiger partial charge in [0.05, 0.1) is 0 Å². The van der Waals surface area contributed by atoms with E-state index in [2.05, 4.69) is 38.5 Å². The van der Waals surface area contributed by atoms with Crippen LogP contribution in [0.2, 0.25) is 0 Å². The van der Waals surface area contributed by atoms with Gasteiger partial charge in [-0.15, -0.1) is 0 Å². The van der Waals surface area contributed by atoms with E-state index >= 15 is 0 Å². The van der Waals surface area contributed by atoms with Crippen molar-refractivity contribution in [2.45, 2.75) is 31.8 Å². The molecule has 0 radical (unpaired) electrons.